The van der Waals surface area contributed by atoms with E-state index >= 15 is 0 Å². The first-order valence-corrected chi connectivity index (χ1v) is 9.27. The van der Waals surface area contributed by atoms with Crippen LogP contribution in [-0.2, 0) is 6.54 Å². The van der Waals surface area contributed by atoms with Crippen molar-refractivity contribution in [3.63, 3.8) is 0 Å². The van der Waals surface area contributed by atoms with Gasteiger partial charge in [-0.3, -0.25) is 9.88 Å². The lowest BCUT2D eigenvalue weighted by Gasteiger charge is -2.32. The summed E-state index contributed by atoms with van der Waals surface area (Å²) in [7, 11) is 0. The molecule has 0 N–H and O–H groups in total. The first-order chi connectivity index (χ1) is 12.8. The second kappa shape index (κ2) is 7.79. The molecule has 0 spiro atoms. The molecule has 2 heterocycles. The van der Waals surface area contributed by atoms with Crippen molar-refractivity contribution in [1.29, 1.82) is 0 Å². The van der Waals surface area contributed by atoms with Crippen molar-refractivity contribution in [2.45, 2.75) is 25.3 Å². The molecule has 0 radical (unpaired) electrons. The molecule has 2 aromatic carbocycles. The predicted molar refractivity (Wildman–Crippen MR) is 103 cm³/mol. The van der Waals surface area contributed by atoms with E-state index in [9.17, 15) is 4.39 Å². The van der Waals surface area contributed by atoms with Crippen molar-refractivity contribution < 1.29 is 4.39 Å². The Bertz CT molecular complexity index is 838. The van der Waals surface area contributed by atoms with Crippen LogP contribution in [0.4, 0.5) is 4.39 Å². The van der Waals surface area contributed by atoms with E-state index in [-0.39, 0.29) is 5.82 Å². The minimum absolute atomic E-state index is 0.216. The molecule has 0 saturated carbocycles. The second-order valence-corrected chi connectivity index (χ2v) is 6.98. The maximum Gasteiger partial charge on any atom is 0.123 e. The molecule has 0 unspecified atom stereocenters. The summed E-state index contributed by atoms with van der Waals surface area (Å²) in [6.07, 6.45) is 2.39. The standard InChI is InChI=1S/C23H23FN2/c24-21-11-9-20(10-12-21)23-8-4-7-22(25-23)17-26-15-13-19(14-16-26)18-5-2-1-3-6-18/h1-12,19H,13-17H2. The van der Waals surface area contributed by atoms with Gasteiger partial charge in [0.25, 0.3) is 0 Å². The highest BCUT2D eigenvalue weighted by atomic mass is 19.1. The third-order valence-corrected chi connectivity index (χ3v) is 5.19. The van der Waals surface area contributed by atoms with Crippen molar-refractivity contribution in [1.82, 2.24) is 9.88 Å². The van der Waals surface area contributed by atoms with E-state index in [0.29, 0.717) is 5.92 Å². The molecular weight excluding hydrogens is 323 g/mol. The van der Waals surface area contributed by atoms with Crippen LogP contribution < -0.4 is 0 Å². The minimum atomic E-state index is -0.216. The summed E-state index contributed by atoms with van der Waals surface area (Å²) in [6, 6.07) is 23.5. The Balaban J connectivity index is 1.39. The number of piperidine rings is 1. The average molecular weight is 346 g/mol. The SMILES string of the molecule is Fc1ccc(-c2cccc(CN3CCC(c4ccccc4)CC3)n2)cc1. The molecule has 1 saturated heterocycles. The largest absolute Gasteiger partial charge is 0.297 e. The van der Waals surface area contributed by atoms with Gasteiger partial charge in [0.1, 0.15) is 5.82 Å². The van der Waals surface area contributed by atoms with Crippen LogP contribution in [0, 0.1) is 5.82 Å². The fraction of sp³-hybridized carbons (Fsp3) is 0.261. The molecule has 1 fully saturated rings. The molecule has 0 amide bonds. The van der Waals surface area contributed by atoms with Crippen molar-refractivity contribution >= 4 is 0 Å². The highest BCUT2D eigenvalue weighted by Crippen LogP contribution is 2.28. The van der Waals surface area contributed by atoms with Crippen molar-refractivity contribution in [3.05, 3.63) is 89.9 Å². The van der Waals surface area contributed by atoms with E-state index in [2.05, 4.69) is 41.3 Å². The topological polar surface area (TPSA) is 16.1 Å². The van der Waals surface area contributed by atoms with Crippen LogP contribution in [0.25, 0.3) is 11.3 Å². The summed E-state index contributed by atoms with van der Waals surface area (Å²) in [6.45, 7) is 3.07. The summed E-state index contributed by atoms with van der Waals surface area (Å²) < 4.78 is 13.1. The van der Waals surface area contributed by atoms with E-state index < -0.39 is 0 Å². The number of aromatic nitrogens is 1. The van der Waals surface area contributed by atoms with Gasteiger partial charge in [-0.1, -0.05) is 36.4 Å². The Morgan fingerprint density at radius 2 is 1.58 bits per heavy atom. The molecule has 4 rings (SSSR count). The minimum Gasteiger partial charge on any atom is -0.297 e. The van der Waals surface area contributed by atoms with E-state index in [1.807, 2.05) is 12.1 Å². The third kappa shape index (κ3) is 4.00. The van der Waals surface area contributed by atoms with E-state index in [1.165, 1.54) is 30.5 Å². The zero-order valence-corrected chi connectivity index (χ0v) is 14.8. The molecule has 2 nitrogen and oxygen atoms in total. The van der Waals surface area contributed by atoms with Gasteiger partial charge in [0.05, 0.1) is 11.4 Å². The zero-order chi connectivity index (χ0) is 17.8. The molecule has 3 heteroatoms. The number of hydrogen-bond donors (Lipinski definition) is 0. The van der Waals surface area contributed by atoms with Gasteiger partial charge in [-0.2, -0.15) is 0 Å². The van der Waals surface area contributed by atoms with Crippen LogP contribution in [-0.4, -0.2) is 23.0 Å². The summed E-state index contributed by atoms with van der Waals surface area (Å²) in [4.78, 5) is 7.26. The van der Waals surface area contributed by atoms with Gasteiger partial charge >= 0.3 is 0 Å². The summed E-state index contributed by atoms with van der Waals surface area (Å²) in [5.41, 5.74) is 4.39. The number of pyridine rings is 1. The van der Waals surface area contributed by atoms with Crippen LogP contribution >= 0.6 is 0 Å². The molecule has 0 aliphatic carbocycles. The van der Waals surface area contributed by atoms with Gasteiger partial charge in [0, 0.05) is 12.1 Å². The second-order valence-electron chi connectivity index (χ2n) is 6.98. The highest BCUT2D eigenvalue weighted by molar-refractivity contribution is 5.58. The average Bonchev–Trinajstić information content (AvgIpc) is 2.70. The van der Waals surface area contributed by atoms with E-state index in [4.69, 9.17) is 4.98 Å². The van der Waals surface area contributed by atoms with Gasteiger partial charge in [-0.05, 0) is 73.8 Å². The molecule has 0 bridgehead atoms. The zero-order valence-electron chi connectivity index (χ0n) is 14.8. The van der Waals surface area contributed by atoms with E-state index in [0.717, 1.165) is 36.6 Å². The normalized spacial score (nSPS) is 15.9. The smallest absolute Gasteiger partial charge is 0.123 e. The Kier molecular flexibility index (Phi) is 5.07. The van der Waals surface area contributed by atoms with Gasteiger partial charge in [0.2, 0.25) is 0 Å². The number of likely N-dealkylation sites (tertiary alicyclic amines) is 1. The molecule has 26 heavy (non-hydrogen) atoms. The molecule has 1 aliphatic heterocycles. The van der Waals surface area contributed by atoms with Crippen LogP contribution in [0.3, 0.4) is 0 Å². The maximum atomic E-state index is 13.1. The Morgan fingerprint density at radius 1 is 0.846 bits per heavy atom. The van der Waals surface area contributed by atoms with Crippen LogP contribution in [0.5, 0.6) is 0 Å². The Morgan fingerprint density at radius 3 is 2.31 bits per heavy atom. The van der Waals surface area contributed by atoms with Crippen molar-refractivity contribution in [2.75, 3.05) is 13.1 Å². The summed E-state index contributed by atoms with van der Waals surface area (Å²) in [5, 5.41) is 0. The fourth-order valence-corrected chi connectivity index (χ4v) is 3.73. The molecule has 0 atom stereocenters. The fourth-order valence-electron chi connectivity index (χ4n) is 3.73. The first-order valence-electron chi connectivity index (χ1n) is 9.27. The Hall–Kier alpha value is -2.52. The van der Waals surface area contributed by atoms with Gasteiger partial charge in [0.15, 0.2) is 0 Å². The maximum absolute atomic E-state index is 13.1. The van der Waals surface area contributed by atoms with Crippen LogP contribution in [0.15, 0.2) is 72.8 Å². The first kappa shape index (κ1) is 16.9. The molecule has 1 aromatic heterocycles. The summed E-state index contributed by atoms with van der Waals surface area (Å²) >= 11 is 0. The molecule has 3 aromatic rings. The van der Waals surface area contributed by atoms with Crippen LogP contribution in [0.2, 0.25) is 0 Å². The monoisotopic (exact) mass is 346 g/mol. The lowest BCUT2D eigenvalue weighted by molar-refractivity contribution is 0.202. The lowest BCUT2D eigenvalue weighted by atomic mass is 9.89. The number of rotatable bonds is 4. The van der Waals surface area contributed by atoms with Gasteiger partial charge in [-0.25, -0.2) is 4.39 Å². The van der Waals surface area contributed by atoms with Gasteiger partial charge in [-0.15, -0.1) is 0 Å². The molecule has 132 valence electrons. The molecule has 1 aliphatic rings. The van der Waals surface area contributed by atoms with Crippen molar-refractivity contribution in [3.8, 4) is 11.3 Å². The Labute approximate surface area is 154 Å². The predicted octanol–water partition coefficient (Wildman–Crippen LogP) is 5.27. The summed E-state index contributed by atoms with van der Waals surface area (Å²) in [5.74, 6) is 0.456. The number of nitrogens with zero attached hydrogens (tertiary/aromatic N) is 2. The number of hydrogen-bond acceptors (Lipinski definition) is 2. The van der Waals surface area contributed by atoms with E-state index in [1.54, 1.807) is 12.1 Å². The van der Waals surface area contributed by atoms with Crippen molar-refractivity contribution in [2.24, 2.45) is 0 Å². The number of halogens is 1. The lowest BCUT2D eigenvalue weighted by Crippen LogP contribution is -2.32. The number of benzene rings is 2. The molecular formula is C23H23FN2. The van der Waals surface area contributed by atoms with Crippen LogP contribution in [0.1, 0.15) is 30.0 Å². The van der Waals surface area contributed by atoms with Gasteiger partial charge < -0.3 is 0 Å². The third-order valence-electron chi connectivity index (χ3n) is 5.19. The quantitative estimate of drug-likeness (QED) is 0.640. The highest BCUT2D eigenvalue weighted by Gasteiger charge is 2.20.